The van der Waals surface area contributed by atoms with Gasteiger partial charge in [0.05, 0.1) is 0 Å². The monoisotopic (exact) mass is 212 g/mol. The van der Waals surface area contributed by atoms with Gasteiger partial charge in [0.15, 0.2) is 11.0 Å². The molecule has 0 radical (unpaired) electrons. The zero-order chi connectivity index (χ0) is 10.2. The predicted molar refractivity (Wildman–Crippen MR) is 40.9 cm³/mol. The lowest BCUT2D eigenvalue weighted by Crippen LogP contribution is -2.14. The molecule has 0 aliphatic carbocycles. The first kappa shape index (κ1) is 9.85. The van der Waals surface area contributed by atoms with E-state index >= 15 is 0 Å². The number of halogens is 4. The van der Waals surface area contributed by atoms with Gasteiger partial charge in [-0.05, 0) is 0 Å². The first-order valence-electron chi connectivity index (χ1n) is 2.98. The summed E-state index contributed by atoms with van der Waals surface area (Å²) in [6.07, 6.45) is -4.68. The van der Waals surface area contributed by atoms with Crippen LogP contribution in [0.2, 0.25) is 5.15 Å². The average molecular weight is 213 g/mol. The van der Waals surface area contributed by atoms with Crippen molar-refractivity contribution < 1.29 is 13.2 Å². The van der Waals surface area contributed by atoms with Gasteiger partial charge in [-0.3, -0.25) is 0 Å². The minimum Gasteiger partial charge on any atom is -0.393 e. The molecule has 0 saturated heterocycles. The molecule has 1 rings (SSSR count). The molecular formula is C5H4ClF3N4. The Morgan fingerprint density at radius 1 is 1.15 bits per heavy atom. The van der Waals surface area contributed by atoms with E-state index in [0.29, 0.717) is 0 Å². The molecule has 0 bridgehead atoms. The van der Waals surface area contributed by atoms with Crippen LogP contribution in [0.1, 0.15) is 5.82 Å². The zero-order valence-electron chi connectivity index (χ0n) is 6.06. The van der Waals surface area contributed by atoms with Crippen LogP contribution < -0.4 is 11.5 Å². The van der Waals surface area contributed by atoms with Crippen LogP contribution in [-0.2, 0) is 6.18 Å². The zero-order valence-corrected chi connectivity index (χ0v) is 6.82. The molecule has 13 heavy (non-hydrogen) atoms. The highest BCUT2D eigenvalue weighted by Crippen LogP contribution is 2.30. The lowest BCUT2D eigenvalue weighted by atomic mass is 10.4. The fourth-order valence-electron chi connectivity index (χ4n) is 0.585. The Hall–Kier alpha value is -1.24. The van der Waals surface area contributed by atoms with Crippen molar-refractivity contribution in [3.63, 3.8) is 0 Å². The minimum atomic E-state index is -4.68. The molecular weight excluding hydrogens is 209 g/mol. The molecule has 1 aromatic heterocycles. The van der Waals surface area contributed by atoms with Crippen molar-refractivity contribution in [3.8, 4) is 0 Å². The maximum atomic E-state index is 12.0. The molecule has 4 nitrogen and oxygen atoms in total. The normalized spacial score (nSPS) is 11.7. The van der Waals surface area contributed by atoms with Crippen LogP contribution in [0.25, 0.3) is 0 Å². The number of nitrogens with two attached hydrogens (primary N) is 2. The van der Waals surface area contributed by atoms with Crippen molar-refractivity contribution in [2.75, 3.05) is 11.5 Å². The Morgan fingerprint density at radius 2 is 1.69 bits per heavy atom. The van der Waals surface area contributed by atoms with E-state index in [2.05, 4.69) is 9.97 Å². The van der Waals surface area contributed by atoms with Gasteiger partial charge in [-0.2, -0.15) is 13.2 Å². The number of rotatable bonds is 0. The summed E-state index contributed by atoms with van der Waals surface area (Å²) in [5.41, 5.74) is 9.95. The van der Waals surface area contributed by atoms with Crippen LogP contribution in [0.4, 0.5) is 24.7 Å². The molecule has 0 fully saturated rings. The molecule has 0 saturated carbocycles. The second-order valence-corrected chi connectivity index (χ2v) is 2.49. The van der Waals surface area contributed by atoms with Gasteiger partial charge in [0.1, 0.15) is 5.69 Å². The summed E-state index contributed by atoms with van der Waals surface area (Å²) < 4.78 is 36.0. The third-order valence-electron chi connectivity index (χ3n) is 1.18. The summed E-state index contributed by atoms with van der Waals surface area (Å²) in [4.78, 5) is 5.87. The van der Waals surface area contributed by atoms with E-state index in [9.17, 15) is 13.2 Å². The Kier molecular flexibility index (Phi) is 2.21. The second-order valence-electron chi connectivity index (χ2n) is 2.13. The molecule has 1 heterocycles. The van der Waals surface area contributed by atoms with Crippen LogP contribution in [0, 0.1) is 0 Å². The van der Waals surface area contributed by atoms with Crippen molar-refractivity contribution in [2.24, 2.45) is 0 Å². The molecule has 8 heteroatoms. The van der Waals surface area contributed by atoms with E-state index in [-0.39, 0.29) is 5.69 Å². The lowest BCUT2D eigenvalue weighted by Gasteiger charge is -2.07. The molecule has 0 spiro atoms. The van der Waals surface area contributed by atoms with Crippen molar-refractivity contribution in [1.29, 1.82) is 0 Å². The van der Waals surface area contributed by atoms with Gasteiger partial charge in [0.2, 0.25) is 5.82 Å². The molecule has 0 unspecified atom stereocenters. The second kappa shape index (κ2) is 2.91. The van der Waals surface area contributed by atoms with E-state index in [4.69, 9.17) is 23.1 Å². The van der Waals surface area contributed by atoms with Crippen LogP contribution in [0.3, 0.4) is 0 Å². The first-order valence-corrected chi connectivity index (χ1v) is 3.36. The van der Waals surface area contributed by atoms with Gasteiger partial charge in [-0.15, -0.1) is 0 Å². The average Bonchev–Trinajstić information content (AvgIpc) is 1.97. The molecule has 0 aromatic carbocycles. The number of hydrogen-bond donors (Lipinski definition) is 2. The largest absolute Gasteiger partial charge is 0.451 e. The number of anilines is 2. The quantitative estimate of drug-likeness (QED) is 0.636. The van der Waals surface area contributed by atoms with E-state index in [1.54, 1.807) is 0 Å². The molecule has 0 aliphatic rings. The number of alkyl halides is 3. The van der Waals surface area contributed by atoms with Gasteiger partial charge in [-0.1, -0.05) is 11.6 Å². The molecule has 4 N–H and O–H groups in total. The maximum absolute atomic E-state index is 12.0. The summed E-state index contributed by atoms with van der Waals surface area (Å²) in [5.74, 6) is -1.88. The van der Waals surface area contributed by atoms with Gasteiger partial charge in [0.25, 0.3) is 0 Å². The predicted octanol–water partition coefficient (Wildman–Crippen LogP) is 1.31. The summed E-state index contributed by atoms with van der Waals surface area (Å²) in [6.45, 7) is 0. The SMILES string of the molecule is Nc1nc(C(F)(F)F)nc(Cl)c1N. The summed E-state index contributed by atoms with van der Waals surface area (Å²) in [6, 6.07) is 0. The summed E-state index contributed by atoms with van der Waals surface area (Å²) >= 11 is 5.27. The van der Waals surface area contributed by atoms with Crippen molar-refractivity contribution >= 4 is 23.1 Å². The van der Waals surface area contributed by atoms with E-state index in [1.807, 2.05) is 0 Å². The van der Waals surface area contributed by atoms with E-state index < -0.39 is 23.0 Å². The van der Waals surface area contributed by atoms with Crippen molar-refractivity contribution in [3.05, 3.63) is 11.0 Å². The Bertz CT molecular complexity index is 314. The van der Waals surface area contributed by atoms with E-state index in [1.165, 1.54) is 0 Å². The highest BCUT2D eigenvalue weighted by Gasteiger charge is 2.35. The molecule has 0 aliphatic heterocycles. The van der Waals surface area contributed by atoms with Crippen molar-refractivity contribution in [2.45, 2.75) is 6.18 Å². The standard InChI is InChI=1S/C5H4ClF3N4/c6-2-1(10)3(11)13-4(12-2)5(7,8)9/h10H2,(H2,11,12,13). The fraction of sp³-hybridized carbons (Fsp3) is 0.200. The molecule has 1 aromatic rings. The lowest BCUT2D eigenvalue weighted by molar-refractivity contribution is -0.144. The maximum Gasteiger partial charge on any atom is 0.451 e. The number of aromatic nitrogens is 2. The van der Waals surface area contributed by atoms with Crippen LogP contribution >= 0.6 is 11.6 Å². The van der Waals surface area contributed by atoms with Gasteiger partial charge >= 0.3 is 6.18 Å². The van der Waals surface area contributed by atoms with Gasteiger partial charge < -0.3 is 11.5 Å². The molecule has 0 amide bonds. The molecule has 72 valence electrons. The first-order chi connectivity index (χ1) is 5.82. The van der Waals surface area contributed by atoms with Crippen molar-refractivity contribution in [1.82, 2.24) is 9.97 Å². The topological polar surface area (TPSA) is 77.8 Å². The van der Waals surface area contributed by atoms with Crippen LogP contribution in [0.5, 0.6) is 0 Å². The number of hydrogen-bond acceptors (Lipinski definition) is 4. The molecule has 0 atom stereocenters. The van der Waals surface area contributed by atoms with Gasteiger partial charge in [-0.25, -0.2) is 9.97 Å². The third-order valence-corrected chi connectivity index (χ3v) is 1.47. The Balaban J connectivity index is 3.29. The number of nitrogens with zero attached hydrogens (tertiary/aromatic N) is 2. The Labute approximate surface area is 75.7 Å². The van der Waals surface area contributed by atoms with E-state index in [0.717, 1.165) is 0 Å². The van der Waals surface area contributed by atoms with Crippen LogP contribution in [-0.4, -0.2) is 9.97 Å². The summed E-state index contributed by atoms with van der Waals surface area (Å²) in [5, 5.41) is -0.500. The fourth-order valence-corrected chi connectivity index (χ4v) is 0.762. The Morgan fingerprint density at radius 3 is 2.08 bits per heavy atom. The van der Waals surface area contributed by atoms with Crippen LogP contribution in [0.15, 0.2) is 0 Å². The highest BCUT2D eigenvalue weighted by molar-refractivity contribution is 6.32. The summed E-state index contributed by atoms with van der Waals surface area (Å²) in [7, 11) is 0. The minimum absolute atomic E-state index is 0.255. The highest BCUT2D eigenvalue weighted by atomic mass is 35.5. The third kappa shape index (κ3) is 1.92. The van der Waals surface area contributed by atoms with Gasteiger partial charge in [0, 0.05) is 0 Å². The smallest absolute Gasteiger partial charge is 0.393 e. The number of nitrogen functional groups attached to an aromatic ring is 2.